The van der Waals surface area contributed by atoms with Crippen molar-refractivity contribution in [2.24, 2.45) is 0 Å². The molecule has 0 spiro atoms. The van der Waals surface area contributed by atoms with E-state index in [4.69, 9.17) is 21.0 Å². The number of thiophene rings is 1. The molecule has 0 saturated carbocycles. The number of nitrogens with zero attached hydrogens (tertiary/aromatic N) is 5. The predicted molar refractivity (Wildman–Crippen MR) is 224 cm³/mol. The van der Waals surface area contributed by atoms with Crippen molar-refractivity contribution in [2.75, 3.05) is 0 Å². The minimum absolute atomic E-state index is 0.352. The van der Waals surface area contributed by atoms with Crippen molar-refractivity contribution in [1.29, 1.82) is 5.26 Å². The van der Waals surface area contributed by atoms with E-state index in [0.29, 0.717) is 34.0 Å². The average molecular weight is 720 g/mol. The summed E-state index contributed by atoms with van der Waals surface area (Å²) >= 11 is 1.74. The van der Waals surface area contributed by atoms with Crippen molar-refractivity contribution >= 4 is 80.9 Å². The molecule has 0 aliphatic carbocycles. The van der Waals surface area contributed by atoms with Crippen LogP contribution < -0.4 is 0 Å². The monoisotopic (exact) mass is 719 g/mol. The number of fused-ring (bicyclic) bond motifs is 9. The largest absolute Gasteiger partial charge is 0.456 e. The second-order valence-electron chi connectivity index (χ2n) is 13.5. The van der Waals surface area contributed by atoms with Gasteiger partial charge >= 0.3 is 0 Å². The molecule has 4 aromatic heterocycles. The average Bonchev–Trinajstić information content (AvgIpc) is 3.91. The van der Waals surface area contributed by atoms with Gasteiger partial charge in [-0.15, -0.1) is 11.3 Å². The van der Waals surface area contributed by atoms with Gasteiger partial charge in [-0.2, -0.15) is 5.26 Å². The molecule has 0 aliphatic heterocycles. The molecular formula is C48H25N5OS. The molecule has 11 aromatic rings. The Balaban J connectivity index is 1.16. The van der Waals surface area contributed by atoms with Crippen LogP contribution >= 0.6 is 11.3 Å². The number of rotatable bonds is 4. The van der Waals surface area contributed by atoms with Crippen LogP contribution in [0.15, 0.2) is 156 Å². The van der Waals surface area contributed by atoms with Crippen molar-refractivity contribution in [2.45, 2.75) is 0 Å². The first kappa shape index (κ1) is 31.0. The Morgan fingerprint density at radius 1 is 0.600 bits per heavy atom. The predicted octanol–water partition coefficient (Wildman–Crippen LogP) is 13.3. The lowest BCUT2D eigenvalue weighted by Gasteiger charge is -2.15. The van der Waals surface area contributed by atoms with Crippen LogP contribution in [-0.4, -0.2) is 14.5 Å². The van der Waals surface area contributed by atoms with Crippen molar-refractivity contribution in [3.8, 4) is 45.7 Å². The lowest BCUT2D eigenvalue weighted by Crippen LogP contribution is -2.02. The zero-order chi connectivity index (χ0) is 36.6. The standard InChI is InChI=1S/C48H25N5OS/c1-50-37-24-29(22-23-39(37)53-38-18-8-5-14-30(38)34-25-35-31-15-6-9-19-41(31)54-42(35)26-40(34)53)47-36(27-49)46(28-12-3-2-4-13-28)51-48(52-47)33-17-11-21-44-45(33)32-16-7-10-20-43(32)55-44/h2-26H. The topological polar surface area (TPSA) is 72.0 Å². The summed E-state index contributed by atoms with van der Waals surface area (Å²) in [7, 11) is 0. The fraction of sp³-hybridized carbons (Fsp3) is 0. The Labute approximate surface area is 318 Å². The van der Waals surface area contributed by atoms with E-state index in [0.717, 1.165) is 76.0 Å². The molecule has 11 rings (SSSR count). The van der Waals surface area contributed by atoms with Crippen molar-refractivity contribution in [1.82, 2.24) is 14.5 Å². The van der Waals surface area contributed by atoms with Crippen LogP contribution in [0, 0.1) is 17.9 Å². The van der Waals surface area contributed by atoms with Crippen LogP contribution in [-0.2, 0) is 0 Å². The van der Waals surface area contributed by atoms with Gasteiger partial charge in [0.1, 0.15) is 22.8 Å². The molecule has 55 heavy (non-hydrogen) atoms. The van der Waals surface area contributed by atoms with Gasteiger partial charge in [-0.1, -0.05) is 103 Å². The SMILES string of the molecule is [C-]#[N+]c1cc(-c2nc(-c3cccc4sc5ccccc5c34)nc(-c3ccccc3)c2C#N)ccc1-n1c2ccccc2c2cc3c(cc21)oc1ccccc13. The number of hydrogen-bond acceptors (Lipinski definition) is 5. The Bertz CT molecular complexity index is 3470. The van der Waals surface area contributed by atoms with Crippen LogP contribution in [0.2, 0.25) is 0 Å². The summed E-state index contributed by atoms with van der Waals surface area (Å²) in [5, 5.41) is 17.3. The highest BCUT2D eigenvalue weighted by atomic mass is 32.1. The van der Waals surface area contributed by atoms with Gasteiger partial charge in [-0.3, -0.25) is 0 Å². The first-order valence-corrected chi connectivity index (χ1v) is 18.6. The molecule has 0 atom stereocenters. The normalized spacial score (nSPS) is 11.6. The second-order valence-corrected chi connectivity index (χ2v) is 14.6. The van der Waals surface area contributed by atoms with Gasteiger partial charge in [-0.05, 0) is 48.0 Å². The number of benzene rings is 7. The van der Waals surface area contributed by atoms with E-state index in [-0.39, 0.29) is 0 Å². The number of hydrogen-bond donors (Lipinski definition) is 0. The molecule has 7 heteroatoms. The van der Waals surface area contributed by atoms with E-state index < -0.39 is 0 Å². The summed E-state index contributed by atoms with van der Waals surface area (Å²) in [6.45, 7) is 8.46. The molecule has 0 fully saturated rings. The Hall–Kier alpha value is -7.58. The molecule has 0 aliphatic rings. The van der Waals surface area contributed by atoms with Gasteiger partial charge in [-0.25, -0.2) is 14.8 Å². The highest BCUT2D eigenvalue weighted by Gasteiger charge is 2.23. The molecule has 0 N–H and O–H groups in total. The van der Waals surface area contributed by atoms with Crippen molar-refractivity contribution in [3.05, 3.63) is 169 Å². The Kier molecular flexibility index (Phi) is 6.75. The minimum atomic E-state index is 0.352. The van der Waals surface area contributed by atoms with E-state index in [2.05, 4.69) is 82.2 Å². The van der Waals surface area contributed by atoms with E-state index in [1.165, 1.54) is 4.70 Å². The van der Waals surface area contributed by atoms with E-state index >= 15 is 0 Å². The van der Waals surface area contributed by atoms with Gasteiger partial charge in [0.05, 0.1) is 34.7 Å². The van der Waals surface area contributed by atoms with E-state index in [1.807, 2.05) is 84.9 Å². The maximum absolute atomic E-state index is 10.8. The summed E-state index contributed by atoms with van der Waals surface area (Å²) in [6, 6.07) is 53.2. The van der Waals surface area contributed by atoms with Crippen LogP contribution in [0.5, 0.6) is 0 Å². The summed E-state index contributed by atoms with van der Waals surface area (Å²) < 4.78 is 10.8. The highest BCUT2D eigenvalue weighted by molar-refractivity contribution is 7.25. The van der Waals surface area contributed by atoms with Crippen molar-refractivity contribution in [3.63, 3.8) is 0 Å². The first-order chi connectivity index (χ1) is 27.2. The number of nitriles is 1. The summed E-state index contributed by atoms with van der Waals surface area (Å²) in [6.07, 6.45) is 0. The number of aromatic nitrogens is 3. The van der Waals surface area contributed by atoms with E-state index in [1.54, 1.807) is 11.3 Å². The van der Waals surface area contributed by atoms with Gasteiger partial charge in [0.15, 0.2) is 5.82 Å². The number of para-hydroxylation sites is 2. The molecule has 0 amide bonds. The summed E-state index contributed by atoms with van der Waals surface area (Å²) in [5.41, 5.74) is 8.45. The third-order valence-corrected chi connectivity index (χ3v) is 11.6. The van der Waals surface area contributed by atoms with Gasteiger partial charge in [0.25, 0.3) is 0 Å². The third-order valence-electron chi connectivity index (χ3n) is 10.5. The fourth-order valence-electron chi connectivity index (χ4n) is 8.06. The third kappa shape index (κ3) is 4.65. The molecule has 254 valence electrons. The van der Waals surface area contributed by atoms with E-state index in [9.17, 15) is 5.26 Å². The van der Waals surface area contributed by atoms with Crippen LogP contribution in [0.1, 0.15) is 5.56 Å². The lowest BCUT2D eigenvalue weighted by atomic mass is 9.98. The molecule has 0 bridgehead atoms. The van der Waals surface area contributed by atoms with Crippen molar-refractivity contribution < 1.29 is 4.42 Å². The van der Waals surface area contributed by atoms with Gasteiger partial charge in [0.2, 0.25) is 5.69 Å². The molecule has 0 unspecified atom stereocenters. The fourth-order valence-corrected chi connectivity index (χ4v) is 9.19. The molecule has 7 aromatic carbocycles. The second kappa shape index (κ2) is 12.0. The molecule has 4 heterocycles. The molecule has 0 radical (unpaired) electrons. The quantitative estimate of drug-likeness (QED) is 0.170. The maximum atomic E-state index is 10.8. The maximum Gasteiger partial charge on any atom is 0.211 e. The zero-order valence-corrected chi connectivity index (χ0v) is 29.8. The Morgan fingerprint density at radius 3 is 2.16 bits per heavy atom. The zero-order valence-electron chi connectivity index (χ0n) is 29.0. The molecule has 6 nitrogen and oxygen atoms in total. The molecule has 0 saturated heterocycles. The first-order valence-electron chi connectivity index (χ1n) is 17.8. The minimum Gasteiger partial charge on any atom is -0.456 e. The lowest BCUT2D eigenvalue weighted by molar-refractivity contribution is 0.669. The van der Waals surface area contributed by atoms with Crippen LogP contribution in [0.4, 0.5) is 5.69 Å². The van der Waals surface area contributed by atoms with Gasteiger partial charge in [0, 0.05) is 58.9 Å². The highest BCUT2D eigenvalue weighted by Crippen LogP contribution is 2.43. The summed E-state index contributed by atoms with van der Waals surface area (Å²) in [4.78, 5) is 14.4. The smallest absolute Gasteiger partial charge is 0.211 e. The van der Waals surface area contributed by atoms with Crippen LogP contribution in [0.3, 0.4) is 0 Å². The molecular weight excluding hydrogens is 695 g/mol. The number of furan rings is 1. The van der Waals surface area contributed by atoms with Crippen LogP contribution in [0.25, 0.3) is 108 Å². The van der Waals surface area contributed by atoms with Gasteiger partial charge < -0.3 is 8.98 Å². The summed E-state index contributed by atoms with van der Waals surface area (Å²) in [5.74, 6) is 0.521. The Morgan fingerprint density at radius 2 is 1.33 bits per heavy atom.